The van der Waals surface area contributed by atoms with Crippen LogP contribution in [0.1, 0.15) is 54.1 Å². The largest absolute Gasteiger partial charge is 0.464 e. The number of hydrogen-bond donors (Lipinski definition) is 1. The topological polar surface area (TPSA) is 51.3 Å². The van der Waals surface area contributed by atoms with Crippen LogP contribution in [0.2, 0.25) is 5.02 Å². The van der Waals surface area contributed by atoms with Crippen LogP contribution in [0.4, 0.5) is 0 Å². The lowest BCUT2D eigenvalue weighted by molar-refractivity contribution is 0.0595. The Bertz CT molecular complexity index is 956. The van der Waals surface area contributed by atoms with Gasteiger partial charge in [-0.1, -0.05) is 43.0 Å². The molecule has 1 fully saturated rings. The number of methoxy groups -OCH3 is 1. The fourth-order valence-corrected chi connectivity index (χ4v) is 4.05. The lowest BCUT2D eigenvalue weighted by atomic mass is 9.84. The number of aromatic nitrogens is 1. The van der Waals surface area contributed by atoms with Crippen molar-refractivity contribution < 1.29 is 14.3 Å². The minimum Gasteiger partial charge on any atom is -0.464 e. The molecule has 0 radical (unpaired) electrons. The molecule has 0 spiro atoms. The Kier molecular flexibility index (Phi) is 5.08. The highest BCUT2D eigenvalue weighted by Crippen LogP contribution is 2.36. The second-order valence-corrected chi connectivity index (χ2v) is 7.48. The van der Waals surface area contributed by atoms with Gasteiger partial charge in [0.2, 0.25) is 0 Å². The van der Waals surface area contributed by atoms with Crippen molar-refractivity contribution in [3.63, 3.8) is 0 Å². The molecule has 140 valence electrons. The Morgan fingerprint density at radius 1 is 1.07 bits per heavy atom. The van der Waals surface area contributed by atoms with Crippen molar-refractivity contribution in [2.45, 2.75) is 38.0 Å². The second kappa shape index (κ2) is 7.65. The highest BCUT2D eigenvalue weighted by Gasteiger charge is 2.16. The van der Waals surface area contributed by atoms with Gasteiger partial charge in [-0.05, 0) is 48.6 Å². The maximum Gasteiger partial charge on any atom is 0.354 e. The van der Waals surface area contributed by atoms with Crippen LogP contribution in [-0.2, 0) is 4.74 Å². The molecule has 1 heterocycles. The third-order valence-corrected chi connectivity index (χ3v) is 5.47. The Hall–Kier alpha value is -2.46. The number of halogens is 1. The number of rotatable bonds is 4. The summed E-state index contributed by atoms with van der Waals surface area (Å²) in [5.41, 5.74) is 2.48. The summed E-state index contributed by atoms with van der Waals surface area (Å²) < 4.78 is 10.9. The van der Waals surface area contributed by atoms with Crippen molar-refractivity contribution in [3.8, 4) is 11.5 Å². The molecule has 1 aliphatic carbocycles. The number of carbonyl (C=O) groups is 1. The summed E-state index contributed by atoms with van der Waals surface area (Å²) in [5.74, 6) is 1.59. The lowest BCUT2D eigenvalue weighted by Gasteiger charge is -2.22. The summed E-state index contributed by atoms with van der Waals surface area (Å²) in [7, 11) is 1.35. The minimum absolute atomic E-state index is 0.368. The van der Waals surface area contributed by atoms with Crippen molar-refractivity contribution in [3.05, 3.63) is 58.7 Å². The monoisotopic (exact) mass is 383 g/mol. The average Bonchev–Trinajstić information content (AvgIpc) is 3.13. The van der Waals surface area contributed by atoms with Gasteiger partial charge in [0.25, 0.3) is 0 Å². The first-order valence-corrected chi connectivity index (χ1v) is 9.70. The average molecular weight is 384 g/mol. The Balaban J connectivity index is 1.60. The van der Waals surface area contributed by atoms with E-state index in [1.165, 1.54) is 44.8 Å². The molecule has 3 aromatic rings. The van der Waals surface area contributed by atoms with Crippen LogP contribution < -0.4 is 4.74 Å². The standard InChI is InChI=1S/C22H22ClNO3/c1-26-22(25)20-13-18-19(24-20)11-16(23)12-21(18)27-17-9-7-15(8-10-17)14-5-3-2-4-6-14/h7-14,24H,2-6H2,1H3. The fourth-order valence-electron chi connectivity index (χ4n) is 3.85. The molecular weight excluding hydrogens is 362 g/mol. The molecule has 4 nitrogen and oxygen atoms in total. The maximum absolute atomic E-state index is 11.8. The molecule has 0 amide bonds. The first-order chi connectivity index (χ1) is 13.1. The predicted molar refractivity (Wildman–Crippen MR) is 107 cm³/mol. The first-order valence-electron chi connectivity index (χ1n) is 9.32. The van der Waals surface area contributed by atoms with Gasteiger partial charge in [-0.15, -0.1) is 0 Å². The number of esters is 1. The molecule has 1 aliphatic rings. The SMILES string of the molecule is COC(=O)c1cc2c(Oc3ccc(C4CCCCC4)cc3)cc(Cl)cc2[nH]1. The summed E-state index contributed by atoms with van der Waals surface area (Å²) in [4.78, 5) is 14.8. The number of nitrogens with one attached hydrogen (secondary N) is 1. The van der Waals surface area contributed by atoms with Crippen molar-refractivity contribution in [1.29, 1.82) is 0 Å². The number of carbonyl (C=O) groups excluding carboxylic acids is 1. The number of H-pyrrole nitrogens is 1. The van der Waals surface area contributed by atoms with Crippen LogP contribution in [0, 0.1) is 0 Å². The molecular formula is C22H22ClNO3. The van der Waals surface area contributed by atoms with Gasteiger partial charge >= 0.3 is 5.97 Å². The molecule has 0 bridgehead atoms. The zero-order chi connectivity index (χ0) is 18.8. The highest BCUT2D eigenvalue weighted by atomic mass is 35.5. The third-order valence-electron chi connectivity index (χ3n) is 5.25. The lowest BCUT2D eigenvalue weighted by Crippen LogP contribution is -2.04. The van der Waals surface area contributed by atoms with Gasteiger partial charge in [0.15, 0.2) is 0 Å². The smallest absolute Gasteiger partial charge is 0.354 e. The molecule has 1 saturated carbocycles. The van der Waals surface area contributed by atoms with E-state index in [1.807, 2.05) is 12.1 Å². The van der Waals surface area contributed by atoms with Gasteiger partial charge in [-0.25, -0.2) is 4.79 Å². The van der Waals surface area contributed by atoms with E-state index >= 15 is 0 Å². The van der Waals surface area contributed by atoms with E-state index in [0.29, 0.717) is 22.4 Å². The van der Waals surface area contributed by atoms with Crippen LogP contribution in [0.3, 0.4) is 0 Å². The van der Waals surface area contributed by atoms with Crippen molar-refractivity contribution in [2.75, 3.05) is 7.11 Å². The van der Waals surface area contributed by atoms with E-state index < -0.39 is 5.97 Å². The molecule has 1 N–H and O–H groups in total. The molecule has 0 saturated heterocycles. The van der Waals surface area contributed by atoms with Gasteiger partial charge in [0.1, 0.15) is 17.2 Å². The molecule has 0 unspecified atom stereocenters. The summed E-state index contributed by atoms with van der Waals surface area (Å²) >= 11 is 6.22. The molecule has 4 rings (SSSR count). The van der Waals surface area contributed by atoms with Crippen LogP contribution in [0.15, 0.2) is 42.5 Å². The van der Waals surface area contributed by atoms with E-state index in [1.54, 1.807) is 18.2 Å². The predicted octanol–water partition coefficient (Wildman–Crippen LogP) is 6.45. The molecule has 1 aromatic heterocycles. The Morgan fingerprint density at radius 3 is 2.52 bits per heavy atom. The van der Waals surface area contributed by atoms with Gasteiger partial charge in [-0.2, -0.15) is 0 Å². The fraction of sp³-hybridized carbons (Fsp3) is 0.318. The number of ether oxygens (including phenoxy) is 2. The van der Waals surface area contributed by atoms with E-state index in [4.69, 9.17) is 21.1 Å². The number of aromatic amines is 1. The summed E-state index contributed by atoms with van der Waals surface area (Å²) in [6, 6.07) is 13.6. The zero-order valence-electron chi connectivity index (χ0n) is 15.3. The minimum atomic E-state index is -0.426. The van der Waals surface area contributed by atoms with Crippen LogP contribution in [0.5, 0.6) is 11.5 Å². The molecule has 2 aromatic carbocycles. The Labute approximate surface area is 163 Å². The number of benzene rings is 2. The van der Waals surface area contributed by atoms with Crippen molar-refractivity contribution in [2.24, 2.45) is 0 Å². The quantitative estimate of drug-likeness (QED) is 0.527. The third kappa shape index (κ3) is 3.81. The molecule has 0 aliphatic heterocycles. The summed E-state index contributed by atoms with van der Waals surface area (Å²) in [6.45, 7) is 0. The van der Waals surface area contributed by atoms with E-state index in [9.17, 15) is 4.79 Å². The molecule has 5 heteroatoms. The molecule has 27 heavy (non-hydrogen) atoms. The van der Waals surface area contributed by atoms with Crippen molar-refractivity contribution >= 4 is 28.5 Å². The van der Waals surface area contributed by atoms with Crippen LogP contribution in [0.25, 0.3) is 10.9 Å². The van der Waals surface area contributed by atoms with E-state index in [0.717, 1.165) is 16.7 Å². The van der Waals surface area contributed by atoms with Gasteiger partial charge in [0.05, 0.1) is 12.6 Å². The first kappa shape index (κ1) is 17.9. The van der Waals surface area contributed by atoms with Gasteiger partial charge in [-0.3, -0.25) is 0 Å². The zero-order valence-corrected chi connectivity index (χ0v) is 16.0. The van der Waals surface area contributed by atoms with Crippen LogP contribution >= 0.6 is 11.6 Å². The molecule has 0 atom stereocenters. The van der Waals surface area contributed by atoms with Gasteiger partial charge in [0, 0.05) is 16.5 Å². The Morgan fingerprint density at radius 2 is 1.81 bits per heavy atom. The summed E-state index contributed by atoms with van der Waals surface area (Å²) in [5, 5.41) is 1.32. The van der Waals surface area contributed by atoms with E-state index in [-0.39, 0.29) is 0 Å². The van der Waals surface area contributed by atoms with Gasteiger partial charge < -0.3 is 14.5 Å². The highest BCUT2D eigenvalue weighted by molar-refractivity contribution is 6.31. The number of hydrogen-bond acceptors (Lipinski definition) is 3. The second-order valence-electron chi connectivity index (χ2n) is 7.05. The van der Waals surface area contributed by atoms with E-state index in [2.05, 4.69) is 17.1 Å². The van der Waals surface area contributed by atoms with Crippen LogP contribution in [-0.4, -0.2) is 18.1 Å². The number of fused-ring (bicyclic) bond motifs is 1. The normalized spacial score (nSPS) is 15.0. The summed E-state index contributed by atoms with van der Waals surface area (Å²) in [6.07, 6.45) is 6.54. The maximum atomic E-state index is 11.8. The van der Waals surface area contributed by atoms with Crippen molar-refractivity contribution in [1.82, 2.24) is 4.98 Å².